The minimum atomic E-state index is -1.06. The van der Waals surface area contributed by atoms with E-state index in [1.807, 2.05) is 52.1 Å². The van der Waals surface area contributed by atoms with E-state index in [1.165, 1.54) is 18.4 Å². The van der Waals surface area contributed by atoms with Crippen LogP contribution in [0.2, 0.25) is 0 Å². The lowest BCUT2D eigenvalue weighted by Gasteiger charge is -2.44. The molecular formula is C25H30N4O3S. The molecule has 7 nitrogen and oxygen atoms in total. The molecule has 0 spiro atoms. The predicted molar refractivity (Wildman–Crippen MR) is 129 cm³/mol. The van der Waals surface area contributed by atoms with Crippen molar-refractivity contribution in [2.24, 2.45) is 11.3 Å². The second-order valence-electron chi connectivity index (χ2n) is 9.58. The third-order valence-corrected chi connectivity index (χ3v) is 7.58. The Kier molecular flexibility index (Phi) is 6.24. The zero-order valence-electron chi connectivity index (χ0n) is 19.7. The summed E-state index contributed by atoms with van der Waals surface area (Å²) in [6, 6.07) is 8.04. The molecule has 174 valence electrons. The van der Waals surface area contributed by atoms with E-state index in [-0.39, 0.29) is 17.3 Å². The maximum atomic E-state index is 12.2. The third kappa shape index (κ3) is 4.91. The van der Waals surface area contributed by atoms with E-state index >= 15 is 0 Å². The van der Waals surface area contributed by atoms with Crippen molar-refractivity contribution in [2.75, 3.05) is 12.4 Å². The Morgan fingerprint density at radius 3 is 2.73 bits per heavy atom. The van der Waals surface area contributed by atoms with E-state index in [9.17, 15) is 9.90 Å². The first-order valence-corrected chi connectivity index (χ1v) is 11.9. The molecule has 8 heteroatoms. The van der Waals surface area contributed by atoms with Gasteiger partial charge < -0.3 is 15.2 Å². The highest BCUT2D eigenvalue weighted by Crippen LogP contribution is 2.51. The molecule has 0 aliphatic heterocycles. The zero-order chi connectivity index (χ0) is 23.8. The van der Waals surface area contributed by atoms with Gasteiger partial charge in [-0.3, -0.25) is 4.79 Å². The number of aliphatic hydroxyl groups is 1. The van der Waals surface area contributed by atoms with Crippen molar-refractivity contribution in [1.29, 1.82) is 0 Å². The molecule has 1 aromatic carbocycles. The van der Waals surface area contributed by atoms with Crippen molar-refractivity contribution in [3.63, 3.8) is 0 Å². The highest BCUT2D eigenvalue weighted by molar-refractivity contribution is 7.15. The molecular weight excluding hydrogens is 436 g/mol. The highest BCUT2D eigenvalue weighted by Gasteiger charge is 2.49. The predicted octanol–water partition coefficient (Wildman–Crippen LogP) is 5.15. The van der Waals surface area contributed by atoms with Gasteiger partial charge in [0.15, 0.2) is 0 Å². The van der Waals surface area contributed by atoms with Crippen LogP contribution in [-0.4, -0.2) is 33.1 Å². The lowest BCUT2D eigenvalue weighted by molar-refractivity contribution is -0.157. The molecule has 0 bridgehead atoms. The van der Waals surface area contributed by atoms with Gasteiger partial charge in [0.05, 0.1) is 17.9 Å². The van der Waals surface area contributed by atoms with Crippen molar-refractivity contribution in [3.8, 4) is 10.4 Å². The van der Waals surface area contributed by atoms with Crippen molar-refractivity contribution in [3.05, 3.63) is 52.9 Å². The van der Waals surface area contributed by atoms with Gasteiger partial charge >= 0.3 is 5.97 Å². The second kappa shape index (κ2) is 8.83. The summed E-state index contributed by atoms with van der Waals surface area (Å²) >= 11 is 1.50. The Bertz CT molecular complexity index is 1180. The van der Waals surface area contributed by atoms with Crippen LogP contribution in [-0.2, 0) is 15.1 Å². The standard InChI is InChI=1S/C25H30N4O3S/c1-15-10-17(12-18(11-15)29-23-26-9-7-16(2)28-23)20-13-27-22(33-20)25(31)8-6-19(21(30)32-5)24(3,4)14-25/h7,9-13,19,31H,6,8,14H2,1-5H3,(H,26,28,29)/t19?,25-/m0/s1. The van der Waals surface area contributed by atoms with Crippen LogP contribution in [0.25, 0.3) is 10.4 Å². The SMILES string of the molecule is COC(=O)C1CC[C@@](O)(c2ncc(-c3cc(C)cc(Nc4nccc(C)n4)c3)s2)CC1(C)C. The van der Waals surface area contributed by atoms with E-state index in [0.717, 1.165) is 27.4 Å². The van der Waals surface area contributed by atoms with E-state index in [2.05, 4.69) is 26.3 Å². The number of esters is 1. The van der Waals surface area contributed by atoms with Gasteiger partial charge in [0.2, 0.25) is 5.95 Å². The van der Waals surface area contributed by atoms with Gasteiger partial charge in [-0.1, -0.05) is 19.9 Å². The first-order valence-electron chi connectivity index (χ1n) is 11.0. The van der Waals surface area contributed by atoms with Gasteiger partial charge in [0, 0.05) is 23.8 Å². The smallest absolute Gasteiger partial charge is 0.309 e. The van der Waals surface area contributed by atoms with Crippen LogP contribution in [0.1, 0.15) is 49.4 Å². The monoisotopic (exact) mass is 466 g/mol. The number of hydrogen-bond acceptors (Lipinski definition) is 8. The minimum Gasteiger partial charge on any atom is -0.469 e. The molecule has 2 atom stereocenters. The summed E-state index contributed by atoms with van der Waals surface area (Å²) in [5.74, 6) is 0.117. The molecule has 4 rings (SSSR count). The number of methoxy groups -OCH3 is 1. The molecule has 2 N–H and O–H groups in total. The molecule has 1 aliphatic rings. The number of rotatable bonds is 5. The van der Waals surface area contributed by atoms with Crippen LogP contribution in [0.5, 0.6) is 0 Å². The Balaban J connectivity index is 1.58. The summed E-state index contributed by atoms with van der Waals surface area (Å²) in [6.45, 7) is 7.99. The molecule has 1 saturated carbocycles. The normalized spacial score (nSPS) is 22.1. The fourth-order valence-electron chi connectivity index (χ4n) is 4.76. The number of nitrogens with one attached hydrogen (secondary N) is 1. The number of nitrogens with zero attached hydrogens (tertiary/aromatic N) is 3. The van der Waals surface area contributed by atoms with Crippen molar-refractivity contribution < 1.29 is 14.6 Å². The molecule has 2 heterocycles. The van der Waals surface area contributed by atoms with Crippen LogP contribution in [0.3, 0.4) is 0 Å². The quantitative estimate of drug-likeness (QED) is 0.502. The molecule has 1 aliphatic carbocycles. The lowest BCUT2D eigenvalue weighted by Crippen LogP contribution is -2.45. The van der Waals surface area contributed by atoms with E-state index < -0.39 is 5.60 Å². The summed E-state index contributed by atoms with van der Waals surface area (Å²) in [6.07, 6.45) is 5.06. The molecule has 1 fully saturated rings. The number of thiazole rings is 1. The van der Waals surface area contributed by atoms with Crippen molar-refractivity contribution in [1.82, 2.24) is 15.0 Å². The van der Waals surface area contributed by atoms with Crippen LogP contribution in [0.4, 0.5) is 11.6 Å². The van der Waals surface area contributed by atoms with Gasteiger partial charge in [-0.25, -0.2) is 15.0 Å². The first-order chi connectivity index (χ1) is 15.6. The number of benzene rings is 1. The molecule has 0 saturated heterocycles. The van der Waals surface area contributed by atoms with Gasteiger partial charge in [0.1, 0.15) is 10.6 Å². The summed E-state index contributed by atoms with van der Waals surface area (Å²) in [5.41, 5.74) is 2.45. The largest absolute Gasteiger partial charge is 0.469 e. The van der Waals surface area contributed by atoms with Crippen molar-refractivity contribution in [2.45, 2.75) is 52.6 Å². The third-order valence-electron chi connectivity index (χ3n) is 6.34. The molecule has 33 heavy (non-hydrogen) atoms. The molecule has 3 aromatic rings. The fraction of sp³-hybridized carbons (Fsp3) is 0.440. The van der Waals surface area contributed by atoms with E-state index in [4.69, 9.17) is 4.74 Å². The Morgan fingerprint density at radius 2 is 2.03 bits per heavy atom. The average Bonchev–Trinajstić information content (AvgIpc) is 3.23. The fourth-order valence-corrected chi connectivity index (χ4v) is 5.78. The summed E-state index contributed by atoms with van der Waals surface area (Å²) < 4.78 is 4.98. The molecule has 0 amide bonds. The van der Waals surface area contributed by atoms with Crippen LogP contribution in [0, 0.1) is 25.2 Å². The minimum absolute atomic E-state index is 0.209. The topological polar surface area (TPSA) is 97.2 Å². The number of carbonyl (C=O) groups is 1. The highest BCUT2D eigenvalue weighted by atomic mass is 32.1. The van der Waals surface area contributed by atoms with Crippen LogP contribution < -0.4 is 5.32 Å². The summed E-state index contributed by atoms with van der Waals surface area (Å²) in [5, 5.41) is 15.5. The van der Waals surface area contributed by atoms with Crippen LogP contribution >= 0.6 is 11.3 Å². The van der Waals surface area contributed by atoms with Gasteiger partial charge in [-0.2, -0.15) is 0 Å². The van der Waals surface area contributed by atoms with Gasteiger partial charge in [-0.15, -0.1) is 11.3 Å². The lowest BCUT2D eigenvalue weighted by atomic mass is 9.63. The maximum absolute atomic E-state index is 12.2. The number of carbonyl (C=O) groups excluding carboxylic acids is 1. The second-order valence-corrected chi connectivity index (χ2v) is 10.6. The average molecular weight is 467 g/mol. The molecule has 2 aromatic heterocycles. The van der Waals surface area contributed by atoms with E-state index in [1.54, 1.807) is 6.20 Å². The van der Waals surface area contributed by atoms with Gasteiger partial charge in [0.25, 0.3) is 0 Å². The number of anilines is 2. The Labute approximate surface area is 198 Å². The number of ether oxygens (including phenoxy) is 1. The number of hydrogen-bond donors (Lipinski definition) is 2. The number of aryl methyl sites for hydroxylation is 2. The Morgan fingerprint density at radius 1 is 1.24 bits per heavy atom. The van der Waals surface area contributed by atoms with Crippen LogP contribution in [0.15, 0.2) is 36.7 Å². The summed E-state index contributed by atoms with van der Waals surface area (Å²) in [7, 11) is 1.42. The Hall–Kier alpha value is -2.84. The summed E-state index contributed by atoms with van der Waals surface area (Å²) in [4.78, 5) is 26.5. The molecule has 1 unspecified atom stereocenters. The maximum Gasteiger partial charge on any atom is 0.309 e. The van der Waals surface area contributed by atoms with E-state index in [0.29, 0.717) is 30.2 Å². The zero-order valence-corrected chi connectivity index (χ0v) is 20.5. The van der Waals surface area contributed by atoms with Gasteiger partial charge in [-0.05, 0) is 67.9 Å². The van der Waals surface area contributed by atoms with Crippen molar-refractivity contribution >= 4 is 28.9 Å². The number of aromatic nitrogens is 3. The first kappa shape index (κ1) is 23.3. The molecule has 0 radical (unpaired) electrons.